The zero-order valence-electron chi connectivity index (χ0n) is 13.3. The van der Waals surface area contributed by atoms with Crippen molar-refractivity contribution in [3.63, 3.8) is 0 Å². The van der Waals surface area contributed by atoms with Crippen LogP contribution in [0.5, 0.6) is 0 Å². The number of rotatable bonds is 7. The van der Waals surface area contributed by atoms with Crippen LogP contribution in [0, 0.1) is 0 Å². The number of nitrogens with zero attached hydrogens (tertiary/aromatic N) is 1. The molecule has 0 radical (unpaired) electrons. The van der Waals surface area contributed by atoms with E-state index in [2.05, 4.69) is 40.5 Å². The van der Waals surface area contributed by atoms with Crippen LogP contribution in [0.2, 0.25) is 0 Å². The minimum atomic E-state index is 0.158. The maximum Gasteiger partial charge on any atom is 0.0931 e. The largest absolute Gasteiger partial charge is 0.382 e. The molecule has 0 spiro atoms. The lowest BCUT2D eigenvalue weighted by atomic mass is 10.1. The molecule has 1 fully saturated rings. The van der Waals surface area contributed by atoms with Gasteiger partial charge >= 0.3 is 0 Å². The predicted molar refractivity (Wildman–Crippen MR) is 85.7 cm³/mol. The van der Waals surface area contributed by atoms with Gasteiger partial charge < -0.3 is 14.8 Å². The van der Waals surface area contributed by atoms with Gasteiger partial charge in [0.05, 0.1) is 12.7 Å². The van der Waals surface area contributed by atoms with Crippen LogP contribution in [0.4, 0.5) is 0 Å². The van der Waals surface area contributed by atoms with Crippen LogP contribution >= 0.6 is 0 Å². The highest BCUT2D eigenvalue weighted by molar-refractivity contribution is 5.16. The third kappa shape index (κ3) is 5.75. The lowest BCUT2D eigenvalue weighted by Gasteiger charge is -2.27. The van der Waals surface area contributed by atoms with E-state index in [1.807, 2.05) is 0 Å². The van der Waals surface area contributed by atoms with Crippen LogP contribution in [0.3, 0.4) is 0 Å². The second kappa shape index (κ2) is 9.15. The van der Waals surface area contributed by atoms with Crippen LogP contribution in [0.25, 0.3) is 0 Å². The van der Waals surface area contributed by atoms with Crippen LogP contribution in [-0.4, -0.2) is 64.1 Å². The molecular formula is C17H28N2O2. The molecule has 21 heavy (non-hydrogen) atoms. The van der Waals surface area contributed by atoms with Crippen molar-refractivity contribution in [2.45, 2.75) is 25.0 Å². The van der Waals surface area contributed by atoms with Crippen LogP contribution in [0.1, 0.15) is 12.0 Å². The van der Waals surface area contributed by atoms with Crippen molar-refractivity contribution < 1.29 is 9.47 Å². The monoisotopic (exact) mass is 292 g/mol. The maximum absolute atomic E-state index is 5.50. The summed E-state index contributed by atoms with van der Waals surface area (Å²) in [5, 5.41) is 3.67. The molecule has 1 saturated heterocycles. The Bertz CT molecular complexity index is 386. The van der Waals surface area contributed by atoms with E-state index in [0.717, 1.165) is 32.6 Å². The van der Waals surface area contributed by atoms with E-state index >= 15 is 0 Å². The third-order valence-electron chi connectivity index (χ3n) is 4.04. The van der Waals surface area contributed by atoms with E-state index in [9.17, 15) is 0 Å². The molecule has 0 aliphatic carbocycles. The molecular weight excluding hydrogens is 264 g/mol. The first-order valence-corrected chi connectivity index (χ1v) is 7.83. The molecule has 1 aromatic rings. The molecule has 4 heteroatoms. The smallest absolute Gasteiger partial charge is 0.0931 e. The number of nitrogens with one attached hydrogen (secondary N) is 1. The molecule has 0 aromatic heterocycles. The SMILES string of the molecule is COCC(CN1CCCNC(Cc2ccccc2)C1)OC. The number of benzene rings is 1. The quantitative estimate of drug-likeness (QED) is 0.827. The van der Waals surface area contributed by atoms with Gasteiger partial charge in [-0.2, -0.15) is 0 Å². The summed E-state index contributed by atoms with van der Waals surface area (Å²) in [6.45, 7) is 4.89. The zero-order valence-corrected chi connectivity index (χ0v) is 13.3. The summed E-state index contributed by atoms with van der Waals surface area (Å²) in [6.07, 6.45) is 2.43. The summed E-state index contributed by atoms with van der Waals surface area (Å²) in [6, 6.07) is 11.2. The lowest BCUT2D eigenvalue weighted by Crippen LogP contribution is -2.43. The van der Waals surface area contributed by atoms with E-state index in [0.29, 0.717) is 12.6 Å². The van der Waals surface area contributed by atoms with E-state index in [1.165, 1.54) is 12.0 Å². The van der Waals surface area contributed by atoms with Crippen molar-refractivity contribution in [3.8, 4) is 0 Å². The normalized spacial score (nSPS) is 21.9. The van der Waals surface area contributed by atoms with Gasteiger partial charge in [0, 0.05) is 33.4 Å². The summed E-state index contributed by atoms with van der Waals surface area (Å²) in [4.78, 5) is 2.50. The molecule has 1 heterocycles. The summed E-state index contributed by atoms with van der Waals surface area (Å²) >= 11 is 0. The Morgan fingerprint density at radius 3 is 2.81 bits per heavy atom. The Morgan fingerprint density at radius 2 is 2.10 bits per heavy atom. The summed E-state index contributed by atoms with van der Waals surface area (Å²) < 4.78 is 10.7. The van der Waals surface area contributed by atoms with Gasteiger partial charge in [0.15, 0.2) is 0 Å². The second-order valence-electron chi connectivity index (χ2n) is 5.77. The van der Waals surface area contributed by atoms with Crippen LogP contribution in [-0.2, 0) is 15.9 Å². The first-order chi connectivity index (χ1) is 10.3. The van der Waals surface area contributed by atoms with Gasteiger partial charge in [-0.1, -0.05) is 30.3 Å². The van der Waals surface area contributed by atoms with Crippen molar-refractivity contribution in [3.05, 3.63) is 35.9 Å². The summed E-state index contributed by atoms with van der Waals surface area (Å²) in [5.41, 5.74) is 1.40. The fraction of sp³-hybridized carbons (Fsp3) is 0.647. The molecule has 4 nitrogen and oxygen atoms in total. The average Bonchev–Trinajstić information content (AvgIpc) is 2.73. The predicted octanol–water partition coefficient (Wildman–Crippen LogP) is 1.55. The summed E-state index contributed by atoms with van der Waals surface area (Å²) in [5.74, 6) is 0. The van der Waals surface area contributed by atoms with E-state index in [1.54, 1.807) is 14.2 Å². The van der Waals surface area contributed by atoms with Gasteiger partial charge in [0.25, 0.3) is 0 Å². The Hall–Kier alpha value is -0.940. The van der Waals surface area contributed by atoms with Crippen molar-refractivity contribution >= 4 is 0 Å². The topological polar surface area (TPSA) is 33.7 Å². The first-order valence-electron chi connectivity index (χ1n) is 7.83. The van der Waals surface area contributed by atoms with E-state index in [4.69, 9.17) is 9.47 Å². The molecule has 1 aromatic carbocycles. The van der Waals surface area contributed by atoms with E-state index < -0.39 is 0 Å². The highest BCUT2D eigenvalue weighted by Crippen LogP contribution is 2.09. The molecule has 0 saturated carbocycles. The van der Waals surface area contributed by atoms with Crippen molar-refractivity contribution in [2.24, 2.45) is 0 Å². The van der Waals surface area contributed by atoms with Crippen LogP contribution < -0.4 is 5.32 Å². The van der Waals surface area contributed by atoms with E-state index in [-0.39, 0.29) is 6.10 Å². The molecule has 1 aliphatic rings. The lowest BCUT2D eigenvalue weighted by molar-refractivity contribution is 0.00584. The number of ether oxygens (including phenoxy) is 2. The Morgan fingerprint density at radius 1 is 1.29 bits per heavy atom. The fourth-order valence-electron chi connectivity index (χ4n) is 2.95. The molecule has 2 unspecified atom stereocenters. The van der Waals surface area contributed by atoms with Crippen LogP contribution in [0.15, 0.2) is 30.3 Å². The van der Waals surface area contributed by atoms with Crippen molar-refractivity contribution in [2.75, 3.05) is 47.0 Å². The van der Waals surface area contributed by atoms with Gasteiger partial charge in [-0.05, 0) is 31.5 Å². The highest BCUT2D eigenvalue weighted by atomic mass is 16.5. The van der Waals surface area contributed by atoms with Gasteiger partial charge in [0.1, 0.15) is 0 Å². The molecule has 1 aliphatic heterocycles. The third-order valence-corrected chi connectivity index (χ3v) is 4.04. The molecule has 2 rings (SSSR count). The van der Waals surface area contributed by atoms with Gasteiger partial charge in [-0.15, -0.1) is 0 Å². The van der Waals surface area contributed by atoms with Crippen molar-refractivity contribution in [1.82, 2.24) is 10.2 Å². The average molecular weight is 292 g/mol. The Balaban J connectivity index is 1.88. The maximum atomic E-state index is 5.50. The zero-order chi connectivity index (χ0) is 14.9. The first kappa shape index (κ1) is 16.4. The number of methoxy groups -OCH3 is 2. The Kier molecular flexibility index (Phi) is 7.16. The fourth-order valence-corrected chi connectivity index (χ4v) is 2.95. The standard InChI is InChI=1S/C17H28N2O2/c1-20-14-17(21-2)13-19-10-6-9-18-16(12-19)11-15-7-4-3-5-8-15/h3-5,7-8,16-18H,6,9-14H2,1-2H3. The molecule has 118 valence electrons. The van der Waals surface area contributed by atoms with Crippen molar-refractivity contribution in [1.29, 1.82) is 0 Å². The van der Waals surface area contributed by atoms with Gasteiger partial charge in [-0.3, -0.25) is 4.90 Å². The molecule has 1 N–H and O–H groups in total. The molecule has 2 atom stereocenters. The minimum Gasteiger partial charge on any atom is -0.382 e. The molecule has 0 amide bonds. The summed E-state index contributed by atoms with van der Waals surface area (Å²) in [7, 11) is 3.50. The highest BCUT2D eigenvalue weighted by Gasteiger charge is 2.20. The second-order valence-corrected chi connectivity index (χ2v) is 5.77. The Labute approximate surface area is 128 Å². The van der Waals surface area contributed by atoms with Gasteiger partial charge in [-0.25, -0.2) is 0 Å². The van der Waals surface area contributed by atoms with Gasteiger partial charge in [0.2, 0.25) is 0 Å². The molecule has 0 bridgehead atoms. The minimum absolute atomic E-state index is 0.158. The number of hydrogen-bond acceptors (Lipinski definition) is 4. The number of hydrogen-bond donors (Lipinski definition) is 1.